The number of aliphatic carboxylic acids is 1. The summed E-state index contributed by atoms with van der Waals surface area (Å²) in [6, 6.07) is 0. The van der Waals surface area contributed by atoms with Gasteiger partial charge in [-0.3, -0.25) is 9.59 Å². The lowest BCUT2D eigenvalue weighted by atomic mass is 9.33. The molecule has 0 bridgehead atoms. The monoisotopic (exact) mass is 1210 g/mol. The second kappa shape index (κ2) is 23.5. The highest BCUT2D eigenvalue weighted by Crippen LogP contribution is 2.76. The Hall–Kier alpha value is -2.24. The average molecular weight is 1210 g/mol. The molecular weight excluding hydrogens is 1120 g/mol. The third-order valence-electron chi connectivity index (χ3n) is 22.4. The van der Waals surface area contributed by atoms with Crippen LogP contribution in [0.25, 0.3) is 0 Å². The Labute approximate surface area is 486 Å². The average Bonchev–Trinajstić information content (AvgIpc) is 0.714. The first-order valence-electron chi connectivity index (χ1n) is 29.7. The number of aliphatic hydroxyl groups is 14. The molecule has 480 valence electrons. The van der Waals surface area contributed by atoms with E-state index in [1.165, 1.54) is 13.8 Å². The third kappa shape index (κ3) is 10.5. The Morgan fingerprint density at radius 2 is 1.10 bits per heavy atom. The fraction of sp³-hybridized carbons (Fsp3) is 0.930. The van der Waals surface area contributed by atoms with E-state index in [4.69, 9.17) is 47.4 Å². The van der Waals surface area contributed by atoms with Crippen LogP contribution < -0.4 is 0 Å². The van der Waals surface area contributed by atoms with Gasteiger partial charge in [0.2, 0.25) is 6.29 Å². The van der Waals surface area contributed by atoms with Gasteiger partial charge in [0.15, 0.2) is 31.3 Å². The van der Waals surface area contributed by atoms with Crippen LogP contribution in [0.1, 0.15) is 106 Å². The summed E-state index contributed by atoms with van der Waals surface area (Å²) in [7, 11) is 0. The number of carbonyl (C=O) groups excluding carboxylic acids is 1. The smallest absolute Gasteiger partial charge is 0.315 e. The van der Waals surface area contributed by atoms with Gasteiger partial charge in [-0.1, -0.05) is 46.3 Å². The fourth-order valence-electron chi connectivity index (χ4n) is 17.2. The molecule has 0 spiro atoms. The molecule has 4 saturated carbocycles. The van der Waals surface area contributed by atoms with Gasteiger partial charge in [0.05, 0.1) is 49.5 Å². The number of carboxylic acid groups (broad SMARTS) is 1. The van der Waals surface area contributed by atoms with E-state index in [2.05, 4.69) is 33.8 Å². The number of hydrogen-bond acceptors (Lipinski definition) is 26. The minimum Gasteiger partial charge on any atom is -0.481 e. The van der Waals surface area contributed by atoms with Crippen LogP contribution >= 0.6 is 0 Å². The van der Waals surface area contributed by atoms with Crippen LogP contribution in [0.2, 0.25) is 0 Å². The van der Waals surface area contributed by atoms with Crippen LogP contribution in [-0.2, 0) is 57.0 Å². The molecule has 84 heavy (non-hydrogen) atoms. The molecule has 5 aliphatic carbocycles. The Balaban J connectivity index is 0.890. The number of fused-ring (bicyclic) bond motifs is 7. The molecule has 5 heterocycles. The summed E-state index contributed by atoms with van der Waals surface area (Å²) >= 11 is 0. The number of hydrogen-bond donors (Lipinski definition) is 15. The highest BCUT2D eigenvalue weighted by atomic mass is 16.8. The molecule has 0 amide bonds. The van der Waals surface area contributed by atoms with Crippen molar-refractivity contribution in [3.8, 4) is 0 Å². The van der Waals surface area contributed by atoms with E-state index in [-0.39, 0.29) is 23.7 Å². The summed E-state index contributed by atoms with van der Waals surface area (Å²) in [6.45, 7) is 11.6. The summed E-state index contributed by atoms with van der Waals surface area (Å²) in [4.78, 5) is 29.4. The van der Waals surface area contributed by atoms with E-state index in [0.29, 0.717) is 51.4 Å². The van der Waals surface area contributed by atoms with Crippen LogP contribution in [0.15, 0.2) is 11.6 Å². The second-order valence-corrected chi connectivity index (χ2v) is 27.7. The second-order valence-electron chi connectivity index (χ2n) is 27.7. The number of carbonyl (C=O) groups is 2. The van der Waals surface area contributed by atoms with Crippen molar-refractivity contribution in [2.45, 2.75) is 254 Å². The van der Waals surface area contributed by atoms with Crippen molar-refractivity contribution < 1.29 is 134 Å². The fourth-order valence-corrected chi connectivity index (χ4v) is 17.2. The van der Waals surface area contributed by atoms with E-state index < -0.39 is 219 Å². The first-order chi connectivity index (χ1) is 39.3. The van der Waals surface area contributed by atoms with Crippen LogP contribution in [0, 0.1) is 50.2 Å². The molecule has 5 saturated heterocycles. The lowest BCUT2D eigenvalue weighted by Gasteiger charge is -2.71. The SMILES string of the molecule is C[C@@H]1O[C@@H](O[C@H]2[C@@H](OC(=O)[C@]34CCC(C)(C)CC3C3=CCC5[C@@]6(C)C[C@H](O)[C@H](O[C@@H]7O[C@H](CO)[C@@H](O)[C@H](O)[C@H]7O[C@@H]7OC[C@@H](O)[C@H](O)[C@H]7O)[C@@](C)(C(=O)O)C6CC[C@@]5(C)[C@]3(C)CC4)OC[C@H](O)[C@@H]2O)[C@H](O)[C@H](O)[C@H]1O[C@@H]1OC[C@@H](O)[C@H](O)[C@H]1O. The maximum Gasteiger partial charge on any atom is 0.315 e. The molecule has 3 unspecified atom stereocenters. The van der Waals surface area contributed by atoms with Crippen molar-refractivity contribution in [1.29, 1.82) is 0 Å². The largest absolute Gasteiger partial charge is 0.481 e. The van der Waals surface area contributed by atoms with Crippen molar-refractivity contribution in [1.82, 2.24) is 0 Å². The highest BCUT2D eigenvalue weighted by molar-refractivity contribution is 5.79. The predicted molar refractivity (Wildman–Crippen MR) is 279 cm³/mol. The maximum atomic E-state index is 15.4. The van der Waals surface area contributed by atoms with Crippen LogP contribution in [0.5, 0.6) is 0 Å². The lowest BCUT2D eigenvalue weighted by molar-refractivity contribution is -0.375. The number of ether oxygens (including phenoxy) is 10. The summed E-state index contributed by atoms with van der Waals surface area (Å²) in [5.41, 5.74) is -4.15. The van der Waals surface area contributed by atoms with Gasteiger partial charge in [0, 0.05) is 0 Å². The first kappa shape index (κ1) is 64.7. The Morgan fingerprint density at radius 3 is 1.70 bits per heavy atom. The first-order valence-corrected chi connectivity index (χ1v) is 29.7. The van der Waals surface area contributed by atoms with E-state index in [0.717, 1.165) is 5.57 Å². The molecule has 10 rings (SSSR count). The molecular formula is C57H90O27. The third-order valence-corrected chi connectivity index (χ3v) is 22.4. The van der Waals surface area contributed by atoms with Gasteiger partial charge in [-0.05, 0) is 111 Å². The standard InChI is InChI=1S/C57H90O27/c1-22-41(80-45-38(69)32(63)26(60)19-75-45)37(68)40(71)47(78-22)82-42-34(65)28(62)21-77-48(42)84-51(74)57-14-12-52(2,3)16-24(57)23-8-9-30-53(4)17-25(59)44(56(7,50(72)73)31(53)10-11-55(30,6)54(23,5)13-15-57)83-49-43(36(67)35(66)29(18-58)79-49)81-46-39(70)33(64)27(61)20-76-46/h8,22,24-49,58-71H,9-21H2,1-7H3,(H,72,73)/t22-,24?,25-,26+,27+,28-,29+,30?,31?,32-,33-,34-,35+,36-,37-,38+,39+,40+,41-,42+,43+,44-,45-,46-,47-,48+,49-,53+,54+,55+,56-,57-/m0/s1. The molecule has 5 aliphatic heterocycles. The van der Waals surface area contributed by atoms with E-state index >= 15 is 4.79 Å². The van der Waals surface area contributed by atoms with E-state index in [1.807, 2.05) is 6.92 Å². The molecule has 10 aliphatic rings. The van der Waals surface area contributed by atoms with Gasteiger partial charge < -0.3 is 124 Å². The lowest BCUT2D eigenvalue weighted by Crippen LogP contribution is -2.70. The van der Waals surface area contributed by atoms with Gasteiger partial charge in [0.1, 0.15) is 97.7 Å². The number of aliphatic hydroxyl groups excluding tert-OH is 14. The normalized spacial score (nSPS) is 54.8. The van der Waals surface area contributed by atoms with Gasteiger partial charge >= 0.3 is 11.9 Å². The number of allylic oxidation sites excluding steroid dienone is 2. The zero-order valence-corrected chi connectivity index (χ0v) is 48.5. The molecule has 15 N–H and O–H groups in total. The van der Waals surface area contributed by atoms with Gasteiger partial charge in [-0.2, -0.15) is 0 Å². The van der Waals surface area contributed by atoms with Gasteiger partial charge in [-0.25, -0.2) is 0 Å². The zero-order valence-electron chi connectivity index (χ0n) is 48.5. The van der Waals surface area contributed by atoms with Crippen LogP contribution in [-0.4, -0.2) is 262 Å². The summed E-state index contributed by atoms with van der Waals surface area (Å²) < 4.78 is 59.1. The van der Waals surface area contributed by atoms with Crippen LogP contribution in [0.4, 0.5) is 0 Å². The number of esters is 1. The van der Waals surface area contributed by atoms with E-state index in [9.17, 15) is 81.4 Å². The van der Waals surface area contributed by atoms with Gasteiger partial charge in [-0.15, -0.1) is 0 Å². The Kier molecular flexibility index (Phi) is 18.1. The van der Waals surface area contributed by atoms with Crippen molar-refractivity contribution >= 4 is 11.9 Å². The zero-order chi connectivity index (χ0) is 61.3. The van der Waals surface area contributed by atoms with Crippen molar-refractivity contribution in [2.24, 2.45) is 50.2 Å². The summed E-state index contributed by atoms with van der Waals surface area (Å²) in [6.07, 6.45) is -33.0. The van der Waals surface area contributed by atoms with E-state index in [1.54, 1.807) is 0 Å². The van der Waals surface area contributed by atoms with Crippen molar-refractivity contribution in [2.75, 3.05) is 26.4 Å². The summed E-state index contributed by atoms with van der Waals surface area (Å²) in [5, 5.41) is 163. The molecule has 0 aromatic carbocycles. The Morgan fingerprint density at radius 1 is 0.560 bits per heavy atom. The minimum absolute atomic E-state index is 0.0511. The number of carboxylic acids is 1. The predicted octanol–water partition coefficient (Wildman–Crippen LogP) is -3.23. The quantitative estimate of drug-likeness (QED) is 0.0519. The molecule has 27 nitrogen and oxygen atoms in total. The molecule has 9 fully saturated rings. The molecule has 0 radical (unpaired) electrons. The molecule has 0 aromatic rings. The minimum atomic E-state index is -1.89. The Bertz CT molecular complexity index is 2400. The highest BCUT2D eigenvalue weighted by Gasteiger charge is 2.73. The topological polar surface area (TPSA) is 430 Å². The molecule has 0 aromatic heterocycles. The maximum absolute atomic E-state index is 15.4. The van der Waals surface area contributed by atoms with Crippen molar-refractivity contribution in [3.63, 3.8) is 0 Å². The summed E-state index contributed by atoms with van der Waals surface area (Å²) in [5.74, 6) is -3.17. The molecule has 32 atom stereocenters. The number of rotatable bonds is 12. The van der Waals surface area contributed by atoms with Crippen LogP contribution in [0.3, 0.4) is 0 Å². The van der Waals surface area contributed by atoms with Crippen molar-refractivity contribution in [3.05, 3.63) is 11.6 Å². The molecule has 27 heteroatoms. The van der Waals surface area contributed by atoms with Gasteiger partial charge in [0.25, 0.3) is 0 Å².